The third-order valence-electron chi connectivity index (χ3n) is 3.73. The molecule has 1 amide bonds. The number of unbranched alkanes of at least 4 members (excludes halogenated alkanes) is 7. The van der Waals surface area contributed by atoms with Crippen LogP contribution < -0.4 is 5.32 Å². The summed E-state index contributed by atoms with van der Waals surface area (Å²) in [6.45, 7) is 2.89. The summed E-state index contributed by atoms with van der Waals surface area (Å²) >= 11 is 0. The SMILES string of the molecule is CCCCCCCCCCNC(=O)/C=C/c1ccc(O)c(F)c1. The van der Waals surface area contributed by atoms with Gasteiger partial charge < -0.3 is 10.4 Å². The molecule has 0 aliphatic heterocycles. The molecule has 0 atom stereocenters. The van der Waals surface area contributed by atoms with E-state index >= 15 is 0 Å². The fourth-order valence-corrected chi connectivity index (χ4v) is 2.33. The summed E-state index contributed by atoms with van der Waals surface area (Å²) in [6.07, 6.45) is 12.8. The molecule has 0 unspecified atom stereocenters. The molecule has 0 aromatic heterocycles. The van der Waals surface area contributed by atoms with Crippen molar-refractivity contribution >= 4 is 12.0 Å². The highest BCUT2D eigenvalue weighted by Gasteiger charge is 2.00. The quantitative estimate of drug-likeness (QED) is 0.454. The summed E-state index contributed by atoms with van der Waals surface area (Å²) in [5.74, 6) is -1.26. The summed E-state index contributed by atoms with van der Waals surface area (Å²) in [6, 6.07) is 4.02. The maximum absolute atomic E-state index is 13.1. The molecule has 0 saturated carbocycles. The Labute approximate surface area is 138 Å². The topological polar surface area (TPSA) is 49.3 Å². The third-order valence-corrected chi connectivity index (χ3v) is 3.73. The van der Waals surface area contributed by atoms with E-state index in [-0.39, 0.29) is 11.7 Å². The Balaban J connectivity index is 2.10. The van der Waals surface area contributed by atoms with Crippen molar-refractivity contribution in [1.29, 1.82) is 0 Å². The number of nitrogens with one attached hydrogen (secondary N) is 1. The third kappa shape index (κ3) is 9.01. The van der Waals surface area contributed by atoms with Gasteiger partial charge in [0.15, 0.2) is 11.6 Å². The predicted octanol–water partition coefficient (Wildman–Crippen LogP) is 4.80. The monoisotopic (exact) mass is 321 g/mol. The number of carbonyl (C=O) groups excluding carboxylic acids is 1. The van der Waals surface area contributed by atoms with Crippen molar-refractivity contribution in [3.8, 4) is 5.75 Å². The van der Waals surface area contributed by atoms with E-state index in [1.54, 1.807) is 6.07 Å². The molecule has 0 spiro atoms. The minimum Gasteiger partial charge on any atom is -0.505 e. The number of amides is 1. The zero-order chi connectivity index (χ0) is 16.9. The molecule has 0 fully saturated rings. The highest BCUT2D eigenvalue weighted by Crippen LogP contribution is 2.16. The molecule has 0 heterocycles. The lowest BCUT2D eigenvalue weighted by Gasteiger charge is -2.03. The van der Waals surface area contributed by atoms with Crippen LogP contribution in [0.5, 0.6) is 5.75 Å². The van der Waals surface area contributed by atoms with Gasteiger partial charge in [-0.2, -0.15) is 0 Å². The molecule has 0 saturated heterocycles. The summed E-state index contributed by atoms with van der Waals surface area (Å²) in [5, 5.41) is 11.9. The number of phenols is 1. The Hall–Kier alpha value is -1.84. The van der Waals surface area contributed by atoms with Gasteiger partial charge in [0.05, 0.1) is 0 Å². The molecule has 4 heteroatoms. The maximum atomic E-state index is 13.1. The molecular weight excluding hydrogens is 293 g/mol. The smallest absolute Gasteiger partial charge is 0.243 e. The van der Waals surface area contributed by atoms with Crippen LogP contribution in [0.2, 0.25) is 0 Å². The van der Waals surface area contributed by atoms with Gasteiger partial charge in [0, 0.05) is 12.6 Å². The number of aromatic hydroxyl groups is 1. The number of hydrogen-bond donors (Lipinski definition) is 2. The van der Waals surface area contributed by atoms with Crippen molar-refractivity contribution in [1.82, 2.24) is 5.32 Å². The lowest BCUT2D eigenvalue weighted by molar-refractivity contribution is -0.116. The molecule has 1 rings (SSSR count). The van der Waals surface area contributed by atoms with Crippen LogP contribution in [0, 0.1) is 5.82 Å². The summed E-state index contributed by atoms with van der Waals surface area (Å²) < 4.78 is 13.1. The van der Waals surface area contributed by atoms with Gasteiger partial charge in [-0.15, -0.1) is 0 Å². The van der Waals surface area contributed by atoms with E-state index < -0.39 is 5.82 Å². The number of rotatable bonds is 11. The highest BCUT2D eigenvalue weighted by atomic mass is 19.1. The Bertz CT molecular complexity index is 500. The first-order valence-corrected chi connectivity index (χ1v) is 8.58. The van der Waals surface area contributed by atoms with Gasteiger partial charge in [0.25, 0.3) is 0 Å². The second kappa shape index (κ2) is 11.7. The molecule has 2 N–H and O–H groups in total. The van der Waals surface area contributed by atoms with Crippen molar-refractivity contribution in [2.45, 2.75) is 58.3 Å². The average Bonchev–Trinajstić information content (AvgIpc) is 2.54. The molecule has 1 aromatic rings. The van der Waals surface area contributed by atoms with E-state index in [1.807, 2.05) is 0 Å². The largest absolute Gasteiger partial charge is 0.505 e. The first-order chi connectivity index (χ1) is 11.1. The van der Waals surface area contributed by atoms with Gasteiger partial charge in [-0.05, 0) is 30.2 Å². The van der Waals surface area contributed by atoms with Crippen LogP contribution in [0.4, 0.5) is 4.39 Å². The van der Waals surface area contributed by atoms with E-state index in [2.05, 4.69) is 12.2 Å². The molecule has 0 aliphatic carbocycles. The zero-order valence-electron chi connectivity index (χ0n) is 14.0. The highest BCUT2D eigenvalue weighted by molar-refractivity contribution is 5.91. The number of phenolic OH excluding ortho intramolecular Hbond substituents is 1. The van der Waals surface area contributed by atoms with Crippen LogP contribution in [0.15, 0.2) is 24.3 Å². The Morgan fingerprint density at radius 2 is 1.78 bits per heavy atom. The average molecular weight is 321 g/mol. The predicted molar refractivity (Wildman–Crippen MR) is 92.7 cm³/mol. The number of benzene rings is 1. The molecular formula is C19H28FNO2. The van der Waals surface area contributed by atoms with Crippen molar-refractivity contribution in [3.05, 3.63) is 35.7 Å². The normalized spacial score (nSPS) is 11.0. The standard InChI is InChI=1S/C19H28FNO2/c1-2-3-4-5-6-7-8-9-14-21-19(23)13-11-16-10-12-18(22)17(20)15-16/h10-13,15,22H,2-9,14H2,1H3,(H,21,23)/b13-11+. The van der Waals surface area contributed by atoms with Crippen LogP contribution in [0.1, 0.15) is 63.9 Å². The maximum Gasteiger partial charge on any atom is 0.243 e. The minimum absolute atomic E-state index is 0.179. The van der Waals surface area contributed by atoms with Gasteiger partial charge in [-0.3, -0.25) is 4.79 Å². The molecule has 128 valence electrons. The summed E-state index contributed by atoms with van der Waals surface area (Å²) in [7, 11) is 0. The second-order valence-corrected chi connectivity index (χ2v) is 5.81. The molecule has 0 bridgehead atoms. The van der Waals surface area contributed by atoms with Crippen LogP contribution in [-0.4, -0.2) is 17.6 Å². The van der Waals surface area contributed by atoms with E-state index in [9.17, 15) is 9.18 Å². The zero-order valence-corrected chi connectivity index (χ0v) is 14.0. The number of halogens is 1. The molecule has 3 nitrogen and oxygen atoms in total. The van der Waals surface area contributed by atoms with E-state index in [0.717, 1.165) is 12.8 Å². The van der Waals surface area contributed by atoms with Gasteiger partial charge in [-0.1, -0.05) is 57.9 Å². The van der Waals surface area contributed by atoms with Gasteiger partial charge in [0.1, 0.15) is 0 Å². The fraction of sp³-hybridized carbons (Fsp3) is 0.526. The fourth-order valence-electron chi connectivity index (χ4n) is 2.33. The van der Waals surface area contributed by atoms with Crippen LogP contribution >= 0.6 is 0 Å². The van der Waals surface area contributed by atoms with E-state index in [1.165, 1.54) is 62.8 Å². The Morgan fingerprint density at radius 1 is 1.13 bits per heavy atom. The van der Waals surface area contributed by atoms with Crippen LogP contribution in [0.3, 0.4) is 0 Å². The first-order valence-electron chi connectivity index (χ1n) is 8.58. The van der Waals surface area contributed by atoms with E-state index in [4.69, 9.17) is 5.11 Å². The molecule has 23 heavy (non-hydrogen) atoms. The van der Waals surface area contributed by atoms with Crippen LogP contribution in [-0.2, 0) is 4.79 Å². The molecule has 0 radical (unpaired) electrons. The van der Waals surface area contributed by atoms with E-state index in [0.29, 0.717) is 12.1 Å². The van der Waals surface area contributed by atoms with Crippen LogP contribution in [0.25, 0.3) is 6.08 Å². The lowest BCUT2D eigenvalue weighted by Crippen LogP contribution is -2.21. The second-order valence-electron chi connectivity index (χ2n) is 5.81. The summed E-state index contributed by atoms with van der Waals surface area (Å²) in [5.41, 5.74) is 0.544. The van der Waals surface area contributed by atoms with Gasteiger partial charge >= 0.3 is 0 Å². The Morgan fingerprint density at radius 3 is 2.43 bits per heavy atom. The number of carbonyl (C=O) groups is 1. The molecule has 0 aliphatic rings. The first kappa shape index (κ1) is 19.2. The lowest BCUT2D eigenvalue weighted by atomic mass is 10.1. The van der Waals surface area contributed by atoms with Crippen molar-refractivity contribution in [3.63, 3.8) is 0 Å². The van der Waals surface area contributed by atoms with Crippen molar-refractivity contribution < 1.29 is 14.3 Å². The molecule has 1 aromatic carbocycles. The Kier molecular flexibility index (Phi) is 9.76. The number of hydrogen-bond acceptors (Lipinski definition) is 2. The van der Waals surface area contributed by atoms with Crippen molar-refractivity contribution in [2.75, 3.05) is 6.54 Å². The van der Waals surface area contributed by atoms with Gasteiger partial charge in [0.2, 0.25) is 5.91 Å². The van der Waals surface area contributed by atoms with Crippen molar-refractivity contribution in [2.24, 2.45) is 0 Å². The minimum atomic E-state index is -0.688. The summed E-state index contributed by atoms with van der Waals surface area (Å²) in [4.78, 5) is 11.6. The van der Waals surface area contributed by atoms with Gasteiger partial charge in [-0.25, -0.2) is 4.39 Å².